The van der Waals surface area contributed by atoms with Gasteiger partial charge in [0.1, 0.15) is 5.82 Å². The highest BCUT2D eigenvalue weighted by atomic mass is 19.4. The van der Waals surface area contributed by atoms with Crippen molar-refractivity contribution in [2.24, 2.45) is 0 Å². The van der Waals surface area contributed by atoms with Crippen LogP contribution in [-0.4, -0.2) is 9.97 Å². The maximum atomic E-state index is 12.3. The third-order valence-electron chi connectivity index (χ3n) is 2.05. The molecule has 1 aromatic carbocycles. The van der Waals surface area contributed by atoms with E-state index in [-0.39, 0.29) is 5.82 Å². The average Bonchev–Trinajstić information content (AvgIpc) is 2.67. The zero-order valence-corrected chi connectivity index (χ0v) is 8.05. The number of nitrogens with one attached hydrogen (secondary N) is 1. The van der Waals surface area contributed by atoms with Crippen molar-refractivity contribution in [1.82, 2.24) is 9.97 Å². The maximum Gasteiger partial charge on any atom is 0.434 e. The summed E-state index contributed by atoms with van der Waals surface area (Å²) in [5.41, 5.74) is 5.64. The van der Waals surface area contributed by atoms with E-state index in [0.717, 1.165) is 6.20 Å². The summed E-state index contributed by atoms with van der Waals surface area (Å²) in [5, 5.41) is 0. The number of aromatic nitrogens is 2. The Kier molecular flexibility index (Phi) is 2.34. The van der Waals surface area contributed by atoms with Gasteiger partial charge in [0.25, 0.3) is 0 Å². The summed E-state index contributed by atoms with van der Waals surface area (Å²) >= 11 is 0. The molecular weight excluding hydrogens is 219 g/mol. The van der Waals surface area contributed by atoms with Crippen LogP contribution in [0, 0.1) is 0 Å². The second-order valence-electron chi connectivity index (χ2n) is 3.25. The molecule has 1 aromatic heterocycles. The van der Waals surface area contributed by atoms with Crippen LogP contribution in [0.2, 0.25) is 0 Å². The fourth-order valence-electron chi connectivity index (χ4n) is 1.26. The molecule has 0 aliphatic rings. The first-order chi connectivity index (χ1) is 7.47. The number of hydrogen-bond donors (Lipinski definition) is 2. The SMILES string of the molecule is Nc1ccc(-c2nc(C(F)(F)F)c[nH]2)cc1. The van der Waals surface area contributed by atoms with Crippen molar-refractivity contribution >= 4 is 5.69 Å². The minimum atomic E-state index is -4.43. The molecule has 0 spiro atoms. The van der Waals surface area contributed by atoms with Gasteiger partial charge in [0, 0.05) is 17.4 Å². The van der Waals surface area contributed by atoms with Gasteiger partial charge in [0.05, 0.1) is 0 Å². The van der Waals surface area contributed by atoms with Gasteiger partial charge in [0.15, 0.2) is 5.69 Å². The lowest BCUT2D eigenvalue weighted by molar-refractivity contribution is -0.140. The van der Waals surface area contributed by atoms with Crippen LogP contribution in [0.1, 0.15) is 5.69 Å². The minimum absolute atomic E-state index is 0.173. The number of rotatable bonds is 1. The van der Waals surface area contributed by atoms with Gasteiger partial charge in [-0.1, -0.05) is 0 Å². The van der Waals surface area contributed by atoms with E-state index in [4.69, 9.17) is 5.73 Å². The van der Waals surface area contributed by atoms with Gasteiger partial charge < -0.3 is 10.7 Å². The molecule has 0 saturated heterocycles. The molecule has 0 aliphatic heterocycles. The van der Waals surface area contributed by atoms with Crippen LogP contribution in [0.15, 0.2) is 30.5 Å². The quantitative estimate of drug-likeness (QED) is 0.736. The summed E-state index contributed by atoms with van der Waals surface area (Å²) in [6, 6.07) is 6.42. The molecular formula is C10H8F3N3. The van der Waals surface area contributed by atoms with E-state index < -0.39 is 11.9 Å². The zero-order chi connectivity index (χ0) is 11.8. The Morgan fingerprint density at radius 3 is 2.25 bits per heavy atom. The minimum Gasteiger partial charge on any atom is -0.399 e. The molecule has 6 heteroatoms. The van der Waals surface area contributed by atoms with Gasteiger partial charge >= 0.3 is 6.18 Å². The van der Waals surface area contributed by atoms with Gasteiger partial charge in [-0.05, 0) is 24.3 Å². The molecule has 0 atom stereocenters. The fourth-order valence-corrected chi connectivity index (χ4v) is 1.26. The number of benzene rings is 1. The van der Waals surface area contributed by atoms with Crippen LogP contribution >= 0.6 is 0 Å². The van der Waals surface area contributed by atoms with Gasteiger partial charge in [0.2, 0.25) is 0 Å². The summed E-state index contributed by atoms with van der Waals surface area (Å²) in [4.78, 5) is 5.94. The lowest BCUT2D eigenvalue weighted by Crippen LogP contribution is -2.04. The molecule has 2 aromatic rings. The van der Waals surface area contributed by atoms with Crippen LogP contribution < -0.4 is 5.73 Å². The first kappa shape index (κ1) is 10.5. The third-order valence-corrected chi connectivity index (χ3v) is 2.05. The number of H-pyrrole nitrogens is 1. The predicted octanol–water partition coefficient (Wildman–Crippen LogP) is 2.68. The first-order valence-corrected chi connectivity index (χ1v) is 4.45. The standard InChI is InChI=1S/C10H8F3N3/c11-10(12,13)8-5-15-9(16-8)6-1-3-7(14)4-2-6/h1-5H,14H2,(H,15,16). The van der Waals surface area contributed by atoms with E-state index >= 15 is 0 Å². The lowest BCUT2D eigenvalue weighted by atomic mass is 10.2. The van der Waals surface area contributed by atoms with Crippen molar-refractivity contribution in [1.29, 1.82) is 0 Å². The number of nitrogens with two attached hydrogens (primary N) is 1. The van der Waals surface area contributed by atoms with E-state index in [9.17, 15) is 13.2 Å². The molecule has 3 nitrogen and oxygen atoms in total. The van der Waals surface area contributed by atoms with Crippen molar-refractivity contribution in [2.45, 2.75) is 6.18 Å². The first-order valence-electron chi connectivity index (χ1n) is 4.45. The molecule has 0 unspecified atom stereocenters. The number of alkyl halides is 3. The molecule has 0 fully saturated rings. The fraction of sp³-hybridized carbons (Fsp3) is 0.100. The zero-order valence-electron chi connectivity index (χ0n) is 8.05. The van der Waals surface area contributed by atoms with Crippen LogP contribution in [0.4, 0.5) is 18.9 Å². The number of anilines is 1. The van der Waals surface area contributed by atoms with Crippen LogP contribution in [-0.2, 0) is 6.18 Å². The van der Waals surface area contributed by atoms with Crippen molar-refractivity contribution in [3.8, 4) is 11.4 Å². The Morgan fingerprint density at radius 1 is 1.12 bits per heavy atom. The van der Waals surface area contributed by atoms with Crippen molar-refractivity contribution in [3.63, 3.8) is 0 Å². The average molecular weight is 227 g/mol. The Balaban J connectivity index is 2.35. The number of hydrogen-bond acceptors (Lipinski definition) is 2. The summed E-state index contributed by atoms with van der Waals surface area (Å²) in [7, 11) is 0. The lowest BCUT2D eigenvalue weighted by Gasteiger charge is -2.00. The number of nitrogens with zero attached hydrogens (tertiary/aromatic N) is 1. The van der Waals surface area contributed by atoms with E-state index in [1.165, 1.54) is 0 Å². The molecule has 0 saturated carbocycles. The molecule has 16 heavy (non-hydrogen) atoms. The highest BCUT2D eigenvalue weighted by Gasteiger charge is 2.33. The smallest absolute Gasteiger partial charge is 0.399 e. The topological polar surface area (TPSA) is 54.7 Å². The molecule has 2 rings (SSSR count). The highest BCUT2D eigenvalue weighted by Crippen LogP contribution is 2.29. The van der Waals surface area contributed by atoms with Crippen molar-refractivity contribution in [3.05, 3.63) is 36.2 Å². The Hall–Kier alpha value is -1.98. The van der Waals surface area contributed by atoms with E-state index in [1.54, 1.807) is 24.3 Å². The normalized spacial score (nSPS) is 11.7. The summed E-state index contributed by atoms with van der Waals surface area (Å²) in [6.45, 7) is 0. The summed E-state index contributed by atoms with van der Waals surface area (Å²) < 4.78 is 36.8. The van der Waals surface area contributed by atoms with Gasteiger partial charge in [-0.3, -0.25) is 0 Å². The van der Waals surface area contributed by atoms with Crippen LogP contribution in [0.3, 0.4) is 0 Å². The number of halogens is 3. The van der Waals surface area contributed by atoms with E-state index in [0.29, 0.717) is 11.3 Å². The monoisotopic (exact) mass is 227 g/mol. The van der Waals surface area contributed by atoms with Crippen molar-refractivity contribution in [2.75, 3.05) is 5.73 Å². The summed E-state index contributed by atoms with van der Waals surface area (Å²) in [6.07, 6.45) is -3.59. The Bertz CT molecular complexity index is 485. The Labute approximate surface area is 89.1 Å². The largest absolute Gasteiger partial charge is 0.434 e. The molecule has 0 bridgehead atoms. The molecule has 1 heterocycles. The number of imidazole rings is 1. The molecule has 0 amide bonds. The third kappa shape index (κ3) is 2.00. The molecule has 84 valence electrons. The molecule has 0 aliphatic carbocycles. The highest BCUT2D eigenvalue weighted by molar-refractivity contribution is 5.58. The number of nitrogen functional groups attached to an aromatic ring is 1. The van der Waals surface area contributed by atoms with E-state index in [1.807, 2.05) is 0 Å². The predicted molar refractivity (Wildman–Crippen MR) is 53.4 cm³/mol. The van der Waals surface area contributed by atoms with Gasteiger partial charge in [-0.25, -0.2) is 4.98 Å². The number of aromatic amines is 1. The van der Waals surface area contributed by atoms with Crippen LogP contribution in [0.5, 0.6) is 0 Å². The Morgan fingerprint density at radius 2 is 1.75 bits per heavy atom. The van der Waals surface area contributed by atoms with Gasteiger partial charge in [-0.2, -0.15) is 13.2 Å². The van der Waals surface area contributed by atoms with Gasteiger partial charge in [-0.15, -0.1) is 0 Å². The van der Waals surface area contributed by atoms with Crippen molar-refractivity contribution < 1.29 is 13.2 Å². The maximum absolute atomic E-state index is 12.3. The molecule has 0 radical (unpaired) electrons. The molecule has 3 N–H and O–H groups in total. The van der Waals surface area contributed by atoms with E-state index in [2.05, 4.69) is 9.97 Å². The summed E-state index contributed by atoms with van der Waals surface area (Å²) in [5.74, 6) is 0.173. The second-order valence-corrected chi connectivity index (χ2v) is 3.25. The second kappa shape index (κ2) is 3.55. The van der Waals surface area contributed by atoms with Crippen LogP contribution in [0.25, 0.3) is 11.4 Å².